The summed E-state index contributed by atoms with van der Waals surface area (Å²) in [5.74, 6) is 0.851. The van der Waals surface area contributed by atoms with Gasteiger partial charge in [0.2, 0.25) is 0 Å². The first-order valence-electron chi connectivity index (χ1n) is 8.33. The average Bonchev–Trinajstić information content (AvgIpc) is 3.20. The van der Waals surface area contributed by atoms with Gasteiger partial charge in [-0.3, -0.25) is 4.99 Å². The van der Waals surface area contributed by atoms with E-state index in [1.807, 2.05) is 6.92 Å². The maximum absolute atomic E-state index is 5.74. The van der Waals surface area contributed by atoms with E-state index in [0.29, 0.717) is 6.10 Å². The summed E-state index contributed by atoms with van der Waals surface area (Å²) in [4.78, 5) is 8.70. The topological polar surface area (TPSA) is 67.8 Å². The summed E-state index contributed by atoms with van der Waals surface area (Å²) in [6.07, 6.45) is 4.35. The van der Waals surface area contributed by atoms with E-state index in [0.717, 1.165) is 70.2 Å². The van der Waals surface area contributed by atoms with Crippen molar-refractivity contribution in [1.29, 1.82) is 0 Å². The summed E-state index contributed by atoms with van der Waals surface area (Å²) in [5, 5.41) is 9.95. The van der Waals surface area contributed by atoms with Gasteiger partial charge in [0, 0.05) is 50.8 Å². The van der Waals surface area contributed by atoms with Crippen LogP contribution in [0.25, 0.3) is 0 Å². The number of rotatable bonds is 9. The molecule has 8 heteroatoms. The second kappa shape index (κ2) is 12.8. The number of thiazole rings is 1. The minimum absolute atomic E-state index is 0. The van der Waals surface area contributed by atoms with Crippen LogP contribution in [0, 0.1) is 6.92 Å². The maximum Gasteiger partial charge on any atom is 0.190 e. The third-order valence-corrected chi connectivity index (χ3v) is 4.63. The van der Waals surface area contributed by atoms with Crippen LogP contribution < -0.4 is 10.6 Å². The molecule has 2 rings (SSSR count). The number of nitrogens with one attached hydrogen (secondary N) is 2. The molecule has 1 aromatic rings. The molecule has 24 heavy (non-hydrogen) atoms. The molecule has 1 fully saturated rings. The third-order valence-electron chi connectivity index (χ3n) is 3.61. The molecule has 0 amide bonds. The van der Waals surface area contributed by atoms with Crippen molar-refractivity contribution in [3.63, 3.8) is 0 Å². The minimum atomic E-state index is 0. The molecule has 0 bridgehead atoms. The van der Waals surface area contributed by atoms with E-state index in [2.05, 4.69) is 26.0 Å². The van der Waals surface area contributed by atoms with Gasteiger partial charge in [0.15, 0.2) is 5.96 Å². The summed E-state index contributed by atoms with van der Waals surface area (Å²) in [6.45, 7) is 6.14. The molecule has 1 aliphatic rings. The Balaban J connectivity index is 0.00000288. The monoisotopic (exact) mass is 468 g/mol. The molecule has 0 aliphatic carbocycles. The Labute approximate surface area is 165 Å². The van der Waals surface area contributed by atoms with Crippen LogP contribution in [-0.4, -0.2) is 57.0 Å². The number of hydrogen-bond acceptors (Lipinski definition) is 5. The highest BCUT2D eigenvalue weighted by Gasteiger charge is 2.15. The Morgan fingerprint density at radius 1 is 1.42 bits per heavy atom. The number of ether oxygens (including phenoxy) is 2. The lowest BCUT2D eigenvalue weighted by Crippen LogP contribution is -2.38. The second-order valence-electron chi connectivity index (χ2n) is 5.62. The molecule has 2 heterocycles. The fourth-order valence-corrected chi connectivity index (χ4v) is 3.18. The number of aromatic nitrogens is 1. The highest BCUT2D eigenvalue weighted by molar-refractivity contribution is 14.0. The van der Waals surface area contributed by atoms with Crippen LogP contribution >= 0.6 is 35.3 Å². The molecule has 0 radical (unpaired) electrons. The molecule has 6 nitrogen and oxygen atoms in total. The number of aryl methyl sites for hydroxylation is 2. The molecule has 1 aromatic heterocycles. The summed E-state index contributed by atoms with van der Waals surface area (Å²) < 4.78 is 11.0. The lowest BCUT2D eigenvalue weighted by atomic mass is 10.3. The molecular weight excluding hydrogens is 439 g/mol. The van der Waals surface area contributed by atoms with Crippen molar-refractivity contribution >= 4 is 41.3 Å². The van der Waals surface area contributed by atoms with Gasteiger partial charge in [-0.15, -0.1) is 35.3 Å². The molecule has 0 aromatic carbocycles. The fraction of sp³-hybridized carbons (Fsp3) is 0.750. The molecule has 1 saturated heterocycles. The number of guanidine groups is 1. The van der Waals surface area contributed by atoms with Gasteiger partial charge in [-0.1, -0.05) is 0 Å². The van der Waals surface area contributed by atoms with Gasteiger partial charge in [0.25, 0.3) is 0 Å². The molecule has 0 saturated carbocycles. The van der Waals surface area contributed by atoms with E-state index in [9.17, 15) is 0 Å². The largest absolute Gasteiger partial charge is 0.379 e. The van der Waals surface area contributed by atoms with Crippen molar-refractivity contribution in [3.05, 3.63) is 16.1 Å². The van der Waals surface area contributed by atoms with Crippen LogP contribution in [0.3, 0.4) is 0 Å². The van der Waals surface area contributed by atoms with E-state index in [1.165, 1.54) is 5.01 Å². The summed E-state index contributed by atoms with van der Waals surface area (Å²) in [6, 6.07) is 0. The Morgan fingerprint density at radius 2 is 2.21 bits per heavy atom. The van der Waals surface area contributed by atoms with Gasteiger partial charge < -0.3 is 20.1 Å². The Kier molecular flexibility index (Phi) is 11.6. The van der Waals surface area contributed by atoms with Gasteiger partial charge in [0.1, 0.15) is 0 Å². The zero-order valence-electron chi connectivity index (χ0n) is 14.5. The van der Waals surface area contributed by atoms with Gasteiger partial charge in [0.05, 0.1) is 17.7 Å². The SMILES string of the molecule is CN=C(NCCCOC1CCOC1)NCCCc1nc(C)cs1.I. The second-order valence-corrected chi connectivity index (χ2v) is 6.56. The normalized spacial score (nSPS) is 17.6. The predicted octanol–water partition coefficient (Wildman–Crippen LogP) is 2.36. The first-order chi connectivity index (χ1) is 11.3. The lowest BCUT2D eigenvalue weighted by Gasteiger charge is -2.13. The van der Waals surface area contributed by atoms with Crippen molar-refractivity contribution in [1.82, 2.24) is 15.6 Å². The van der Waals surface area contributed by atoms with Crippen LogP contribution in [-0.2, 0) is 15.9 Å². The third kappa shape index (κ3) is 8.59. The van der Waals surface area contributed by atoms with Crippen molar-refractivity contribution in [3.8, 4) is 0 Å². The quantitative estimate of drug-likeness (QED) is 0.252. The molecule has 1 aliphatic heterocycles. The Bertz CT molecular complexity index is 478. The van der Waals surface area contributed by atoms with Crippen LogP contribution in [0.2, 0.25) is 0 Å². The molecule has 1 unspecified atom stereocenters. The lowest BCUT2D eigenvalue weighted by molar-refractivity contribution is 0.0420. The fourth-order valence-electron chi connectivity index (χ4n) is 2.36. The van der Waals surface area contributed by atoms with E-state index >= 15 is 0 Å². The smallest absolute Gasteiger partial charge is 0.190 e. The van der Waals surface area contributed by atoms with Crippen molar-refractivity contribution in [2.24, 2.45) is 4.99 Å². The van der Waals surface area contributed by atoms with Crippen LogP contribution in [0.15, 0.2) is 10.4 Å². The molecule has 2 N–H and O–H groups in total. The van der Waals surface area contributed by atoms with E-state index < -0.39 is 0 Å². The molecule has 0 spiro atoms. The van der Waals surface area contributed by atoms with Gasteiger partial charge in [-0.25, -0.2) is 4.98 Å². The number of hydrogen-bond donors (Lipinski definition) is 2. The first-order valence-corrected chi connectivity index (χ1v) is 9.21. The maximum atomic E-state index is 5.74. The van der Waals surface area contributed by atoms with E-state index in [4.69, 9.17) is 9.47 Å². The van der Waals surface area contributed by atoms with Crippen molar-refractivity contribution < 1.29 is 9.47 Å². The van der Waals surface area contributed by atoms with Crippen LogP contribution in [0.4, 0.5) is 0 Å². The highest BCUT2D eigenvalue weighted by Crippen LogP contribution is 2.10. The standard InChI is InChI=1S/C16H28N4O2S.HI/c1-13-12-23-15(20-13)5-3-7-18-16(17-2)19-8-4-9-22-14-6-10-21-11-14;/h12,14H,3-11H2,1-2H3,(H2,17,18,19);1H. The Hall–Kier alpha value is -0.450. The zero-order valence-corrected chi connectivity index (χ0v) is 17.7. The summed E-state index contributed by atoms with van der Waals surface area (Å²) in [7, 11) is 1.80. The van der Waals surface area contributed by atoms with Crippen LogP contribution in [0.1, 0.15) is 30.0 Å². The van der Waals surface area contributed by atoms with Crippen molar-refractivity contribution in [2.45, 2.75) is 38.7 Å². The van der Waals surface area contributed by atoms with Gasteiger partial charge in [-0.2, -0.15) is 0 Å². The van der Waals surface area contributed by atoms with Crippen LogP contribution in [0.5, 0.6) is 0 Å². The molecule has 138 valence electrons. The molecular formula is C16H29IN4O2S. The van der Waals surface area contributed by atoms with Gasteiger partial charge >= 0.3 is 0 Å². The van der Waals surface area contributed by atoms with Gasteiger partial charge in [-0.05, 0) is 26.2 Å². The number of halogens is 1. The minimum Gasteiger partial charge on any atom is -0.379 e. The highest BCUT2D eigenvalue weighted by atomic mass is 127. The van der Waals surface area contributed by atoms with Crippen molar-refractivity contribution in [2.75, 3.05) is 40.0 Å². The predicted molar refractivity (Wildman–Crippen MR) is 110 cm³/mol. The van der Waals surface area contributed by atoms with E-state index in [1.54, 1.807) is 18.4 Å². The molecule has 1 atom stereocenters. The zero-order chi connectivity index (χ0) is 16.3. The van der Waals surface area contributed by atoms with E-state index in [-0.39, 0.29) is 24.0 Å². The number of nitrogens with zero attached hydrogens (tertiary/aromatic N) is 2. The Morgan fingerprint density at radius 3 is 2.83 bits per heavy atom. The number of aliphatic imine (C=N–C) groups is 1. The average molecular weight is 468 g/mol. The summed E-state index contributed by atoms with van der Waals surface area (Å²) >= 11 is 1.74. The first kappa shape index (κ1) is 21.6. The summed E-state index contributed by atoms with van der Waals surface area (Å²) in [5.41, 5.74) is 1.11.